The van der Waals surface area contributed by atoms with E-state index in [2.05, 4.69) is 4.98 Å². The summed E-state index contributed by atoms with van der Waals surface area (Å²) in [4.78, 5) is 18.0. The van der Waals surface area contributed by atoms with Gasteiger partial charge in [0.2, 0.25) is 0 Å². The van der Waals surface area contributed by atoms with Crippen molar-refractivity contribution in [2.75, 3.05) is 17.7 Å². The van der Waals surface area contributed by atoms with Crippen molar-refractivity contribution in [3.63, 3.8) is 0 Å². The van der Waals surface area contributed by atoms with E-state index in [1.165, 1.54) is 4.90 Å². The second-order valence-corrected chi connectivity index (χ2v) is 4.46. The van der Waals surface area contributed by atoms with Crippen molar-refractivity contribution >= 4 is 28.5 Å². The van der Waals surface area contributed by atoms with Crippen molar-refractivity contribution in [1.29, 1.82) is 0 Å². The van der Waals surface area contributed by atoms with Gasteiger partial charge in [-0.1, -0.05) is 12.1 Å². The number of pyridine rings is 1. The minimum Gasteiger partial charge on any atom is -0.464 e. The minimum atomic E-state index is -0.165. The lowest BCUT2D eigenvalue weighted by molar-refractivity contribution is 0.0992. The average Bonchev–Trinajstić information content (AvgIpc) is 2.93. The van der Waals surface area contributed by atoms with Crippen LogP contribution in [0, 0.1) is 0 Å². The number of amides is 1. The van der Waals surface area contributed by atoms with Gasteiger partial charge >= 0.3 is 0 Å². The van der Waals surface area contributed by atoms with Crippen LogP contribution in [0.4, 0.5) is 11.6 Å². The quantitative estimate of drug-likeness (QED) is 0.774. The molecule has 2 N–H and O–H groups in total. The van der Waals surface area contributed by atoms with Gasteiger partial charge in [0, 0.05) is 18.0 Å². The molecule has 3 aromatic rings. The number of aromatic nitrogens is 1. The fraction of sp³-hybridized carbons (Fsp3) is 0.0667. The summed E-state index contributed by atoms with van der Waals surface area (Å²) in [6.45, 7) is 0. The maximum absolute atomic E-state index is 12.4. The first kappa shape index (κ1) is 12.2. The average molecular weight is 267 g/mol. The van der Waals surface area contributed by atoms with Gasteiger partial charge in [0.15, 0.2) is 0 Å². The van der Waals surface area contributed by atoms with E-state index >= 15 is 0 Å². The van der Waals surface area contributed by atoms with Crippen LogP contribution < -0.4 is 10.6 Å². The number of nitrogens with two attached hydrogens (primary N) is 1. The van der Waals surface area contributed by atoms with E-state index in [0.29, 0.717) is 22.8 Å². The normalized spacial score (nSPS) is 10.7. The predicted molar refractivity (Wildman–Crippen MR) is 77.6 cm³/mol. The molecule has 20 heavy (non-hydrogen) atoms. The predicted octanol–water partition coefficient (Wildman–Crippen LogP) is 2.69. The molecule has 3 rings (SSSR count). The molecule has 0 saturated heterocycles. The fourth-order valence-electron chi connectivity index (χ4n) is 2.01. The topological polar surface area (TPSA) is 72.4 Å². The molecule has 1 aromatic carbocycles. The third kappa shape index (κ3) is 2.09. The SMILES string of the molecule is CN(C(=O)c1ccc2ccoc2c1)c1cccc(N)n1. The standard InChI is InChI=1S/C15H13N3O2/c1-18(14-4-2-3-13(16)17-14)15(19)11-6-5-10-7-8-20-12(10)9-11/h2-9H,1H3,(H2,16,17). The molecular formula is C15H13N3O2. The van der Waals surface area contributed by atoms with Gasteiger partial charge in [-0.2, -0.15) is 0 Å². The van der Waals surface area contributed by atoms with E-state index in [4.69, 9.17) is 10.2 Å². The van der Waals surface area contributed by atoms with E-state index in [1.54, 1.807) is 43.6 Å². The van der Waals surface area contributed by atoms with Gasteiger partial charge in [-0.15, -0.1) is 0 Å². The summed E-state index contributed by atoms with van der Waals surface area (Å²) in [5.74, 6) is 0.722. The fourth-order valence-corrected chi connectivity index (χ4v) is 2.01. The number of nitrogens with zero attached hydrogens (tertiary/aromatic N) is 2. The van der Waals surface area contributed by atoms with E-state index in [0.717, 1.165) is 5.39 Å². The van der Waals surface area contributed by atoms with E-state index in [-0.39, 0.29) is 5.91 Å². The highest BCUT2D eigenvalue weighted by molar-refractivity contribution is 6.06. The number of hydrogen-bond donors (Lipinski definition) is 1. The lowest BCUT2D eigenvalue weighted by Crippen LogP contribution is -2.27. The second kappa shape index (κ2) is 4.70. The molecule has 100 valence electrons. The van der Waals surface area contributed by atoms with Crippen LogP contribution in [0.5, 0.6) is 0 Å². The Hall–Kier alpha value is -2.82. The van der Waals surface area contributed by atoms with Crippen LogP contribution >= 0.6 is 0 Å². The van der Waals surface area contributed by atoms with Crippen molar-refractivity contribution in [2.45, 2.75) is 0 Å². The van der Waals surface area contributed by atoms with Gasteiger partial charge in [-0.25, -0.2) is 4.98 Å². The van der Waals surface area contributed by atoms with Crippen LogP contribution in [-0.4, -0.2) is 17.9 Å². The number of anilines is 2. The van der Waals surface area contributed by atoms with Crippen LogP contribution in [0.3, 0.4) is 0 Å². The Kier molecular flexibility index (Phi) is 2.87. The molecule has 0 bridgehead atoms. The number of rotatable bonds is 2. The Labute approximate surface area is 115 Å². The molecule has 5 heteroatoms. The molecular weight excluding hydrogens is 254 g/mol. The molecule has 0 fully saturated rings. The van der Waals surface area contributed by atoms with Gasteiger partial charge in [-0.3, -0.25) is 9.69 Å². The highest BCUT2D eigenvalue weighted by Gasteiger charge is 2.15. The Morgan fingerprint density at radius 2 is 2.10 bits per heavy atom. The Morgan fingerprint density at radius 3 is 2.90 bits per heavy atom. The van der Waals surface area contributed by atoms with Crippen LogP contribution in [-0.2, 0) is 0 Å². The summed E-state index contributed by atoms with van der Waals surface area (Å²) >= 11 is 0. The van der Waals surface area contributed by atoms with Gasteiger partial charge in [0.25, 0.3) is 5.91 Å². The van der Waals surface area contributed by atoms with Crippen molar-refractivity contribution in [2.24, 2.45) is 0 Å². The second-order valence-electron chi connectivity index (χ2n) is 4.46. The monoisotopic (exact) mass is 267 g/mol. The number of carbonyl (C=O) groups is 1. The third-order valence-corrected chi connectivity index (χ3v) is 3.11. The largest absolute Gasteiger partial charge is 0.464 e. The van der Waals surface area contributed by atoms with Crippen LogP contribution in [0.25, 0.3) is 11.0 Å². The number of furan rings is 1. The van der Waals surface area contributed by atoms with Gasteiger partial charge in [0.1, 0.15) is 17.2 Å². The first-order chi connectivity index (χ1) is 9.65. The molecule has 1 amide bonds. The zero-order valence-corrected chi connectivity index (χ0v) is 10.9. The minimum absolute atomic E-state index is 0.165. The molecule has 0 aliphatic rings. The Morgan fingerprint density at radius 1 is 1.25 bits per heavy atom. The Balaban J connectivity index is 1.94. The molecule has 2 aromatic heterocycles. The van der Waals surface area contributed by atoms with Crippen molar-refractivity contribution in [1.82, 2.24) is 4.98 Å². The number of fused-ring (bicyclic) bond motifs is 1. The molecule has 0 aliphatic heterocycles. The number of nitrogen functional groups attached to an aromatic ring is 1. The van der Waals surface area contributed by atoms with Crippen molar-refractivity contribution in [3.8, 4) is 0 Å². The van der Waals surface area contributed by atoms with Crippen molar-refractivity contribution in [3.05, 3.63) is 54.3 Å². The highest BCUT2D eigenvalue weighted by Crippen LogP contribution is 2.19. The zero-order valence-electron chi connectivity index (χ0n) is 10.9. The van der Waals surface area contributed by atoms with E-state index in [9.17, 15) is 4.79 Å². The van der Waals surface area contributed by atoms with Gasteiger partial charge in [-0.05, 0) is 30.3 Å². The molecule has 0 saturated carbocycles. The van der Waals surface area contributed by atoms with Gasteiger partial charge in [0.05, 0.1) is 6.26 Å². The van der Waals surface area contributed by atoms with Crippen LogP contribution in [0.2, 0.25) is 0 Å². The molecule has 0 unspecified atom stereocenters. The molecule has 0 radical (unpaired) electrons. The smallest absolute Gasteiger partial charge is 0.259 e. The first-order valence-electron chi connectivity index (χ1n) is 6.13. The molecule has 0 spiro atoms. The Bertz CT molecular complexity index is 779. The molecule has 0 atom stereocenters. The lowest BCUT2D eigenvalue weighted by atomic mass is 10.1. The first-order valence-corrected chi connectivity index (χ1v) is 6.13. The van der Waals surface area contributed by atoms with Crippen LogP contribution in [0.15, 0.2) is 53.1 Å². The molecule has 5 nitrogen and oxygen atoms in total. The summed E-state index contributed by atoms with van der Waals surface area (Å²) in [6.07, 6.45) is 1.60. The summed E-state index contributed by atoms with van der Waals surface area (Å²) in [5.41, 5.74) is 6.86. The summed E-state index contributed by atoms with van der Waals surface area (Å²) in [5, 5.41) is 0.964. The van der Waals surface area contributed by atoms with E-state index in [1.807, 2.05) is 12.1 Å². The maximum atomic E-state index is 12.4. The lowest BCUT2D eigenvalue weighted by Gasteiger charge is -2.16. The highest BCUT2D eigenvalue weighted by atomic mass is 16.3. The summed E-state index contributed by atoms with van der Waals surface area (Å²) in [7, 11) is 1.66. The zero-order chi connectivity index (χ0) is 14.1. The number of carbonyl (C=O) groups excluding carboxylic acids is 1. The summed E-state index contributed by atoms with van der Waals surface area (Å²) < 4.78 is 5.31. The van der Waals surface area contributed by atoms with Crippen LogP contribution in [0.1, 0.15) is 10.4 Å². The van der Waals surface area contributed by atoms with Gasteiger partial charge < -0.3 is 10.2 Å². The maximum Gasteiger partial charge on any atom is 0.259 e. The number of hydrogen-bond acceptors (Lipinski definition) is 4. The van der Waals surface area contributed by atoms with Crippen molar-refractivity contribution < 1.29 is 9.21 Å². The molecule has 0 aliphatic carbocycles. The summed E-state index contributed by atoms with van der Waals surface area (Å²) in [6, 6.07) is 12.4. The third-order valence-electron chi connectivity index (χ3n) is 3.11. The number of benzene rings is 1. The molecule has 2 heterocycles. The van der Waals surface area contributed by atoms with E-state index < -0.39 is 0 Å².